The molecule has 0 radical (unpaired) electrons. The number of nitrogens with zero attached hydrogens (tertiary/aromatic N) is 2. The fourth-order valence-corrected chi connectivity index (χ4v) is 8.11. The number of amides is 1. The normalized spacial score (nSPS) is 36.8. The quantitative estimate of drug-likeness (QED) is 0.0874. The van der Waals surface area contributed by atoms with Crippen molar-refractivity contribution in [3.8, 4) is 0 Å². The summed E-state index contributed by atoms with van der Waals surface area (Å²) >= 11 is 0. The number of rotatable bonds is 13. The van der Waals surface area contributed by atoms with E-state index in [-0.39, 0.29) is 18.6 Å². The second-order valence-corrected chi connectivity index (χ2v) is 12.8. The molecule has 0 aromatic heterocycles. The molecule has 1 amide bonds. The van der Waals surface area contributed by atoms with E-state index in [4.69, 9.17) is 4.74 Å². The number of ketones is 2. The number of nitrogens with one attached hydrogen (secondary N) is 1. The Hall–Kier alpha value is -4.07. The van der Waals surface area contributed by atoms with Crippen LogP contribution < -0.4 is 5.32 Å². The number of hydrogen-bond acceptors (Lipinski definition) is 15. The van der Waals surface area contributed by atoms with E-state index in [1.165, 1.54) is 25.2 Å². The van der Waals surface area contributed by atoms with E-state index in [0.29, 0.717) is 12.0 Å². The second-order valence-electron chi connectivity index (χ2n) is 12.8. The van der Waals surface area contributed by atoms with Gasteiger partial charge in [-0.2, -0.15) is 0 Å². The number of aliphatic hydroxyl groups excluding tert-OH is 3. The third-order valence-electron chi connectivity index (χ3n) is 10.4. The lowest BCUT2D eigenvalue weighted by Crippen LogP contribution is -2.69. The van der Waals surface area contributed by atoms with Gasteiger partial charge in [0, 0.05) is 16.7 Å². The molecule has 4 rings (SSSR count). The van der Waals surface area contributed by atoms with Crippen LogP contribution in [0.15, 0.2) is 23.8 Å². The molecule has 0 heterocycles. The summed E-state index contributed by atoms with van der Waals surface area (Å²) in [6.07, 6.45) is -2.40. The van der Waals surface area contributed by atoms with Gasteiger partial charge in [-0.25, -0.2) is 9.18 Å². The van der Waals surface area contributed by atoms with E-state index in [1.54, 1.807) is 6.92 Å². The molecule has 4 aliphatic rings. The highest BCUT2D eigenvalue weighted by molar-refractivity contribution is 6.01. The summed E-state index contributed by atoms with van der Waals surface area (Å²) in [5, 5.41) is 64.2. The molecule has 3 saturated carbocycles. The monoisotopic (exact) mass is 673 g/mol. The lowest BCUT2D eigenvalue weighted by Gasteiger charge is -2.62. The van der Waals surface area contributed by atoms with Crippen molar-refractivity contribution in [1.82, 2.24) is 5.32 Å². The smallest absolute Gasteiger partial charge is 0.331 e. The lowest BCUT2D eigenvalue weighted by atomic mass is 9.44. The summed E-state index contributed by atoms with van der Waals surface area (Å²) in [6, 6.07) is -1.83. The molecule has 0 spiro atoms. The molecule has 18 nitrogen and oxygen atoms in total. The zero-order valence-electron chi connectivity index (χ0n) is 25.4. The van der Waals surface area contributed by atoms with Gasteiger partial charge in [-0.15, -0.1) is 20.2 Å². The van der Waals surface area contributed by atoms with Crippen LogP contribution in [0.3, 0.4) is 0 Å². The van der Waals surface area contributed by atoms with Gasteiger partial charge in [-0.05, 0) is 50.7 Å². The van der Waals surface area contributed by atoms with E-state index in [2.05, 4.69) is 9.68 Å². The van der Waals surface area contributed by atoms with Gasteiger partial charge in [0.25, 0.3) is 10.2 Å². The maximum Gasteiger partial charge on any atom is 0.331 e. The number of esters is 1. The van der Waals surface area contributed by atoms with Crippen molar-refractivity contribution in [2.75, 3.05) is 19.8 Å². The fraction of sp³-hybridized carbons (Fsp3) is 0.714. The van der Waals surface area contributed by atoms with Crippen LogP contribution in [-0.4, -0.2) is 109 Å². The van der Waals surface area contributed by atoms with E-state index in [0.717, 1.165) is 0 Å². The first kappa shape index (κ1) is 35.8. The largest absolute Gasteiger partial charge is 0.456 e. The Morgan fingerprint density at radius 1 is 1.15 bits per heavy atom. The zero-order chi connectivity index (χ0) is 35.1. The van der Waals surface area contributed by atoms with Gasteiger partial charge in [-0.1, -0.05) is 18.6 Å². The summed E-state index contributed by atoms with van der Waals surface area (Å²) in [5.41, 5.74) is -7.35. The predicted octanol–water partition coefficient (Wildman–Crippen LogP) is -1.18. The summed E-state index contributed by atoms with van der Waals surface area (Å²) < 4.78 is 22.2. The van der Waals surface area contributed by atoms with Gasteiger partial charge in [-0.3, -0.25) is 14.4 Å². The summed E-state index contributed by atoms with van der Waals surface area (Å²) in [6.45, 7) is -0.250. The first-order valence-corrected chi connectivity index (χ1v) is 14.7. The molecule has 0 saturated heterocycles. The van der Waals surface area contributed by atoms with Gasteiger partial charge in [0.2, 0.25) is 11.7 Å². The van der Waals surface area contributed by atoms with Gasteiger partial charge in [0.15, 0.2) is 29.7 Å². The molecule has 0 aliphatic heterocycles. The van der Waals surface area contributed by atoms with Crippen LogP contribution in [-0.2, 0) is 33.6 Å². The van der Waals surface area contributed by atoms with Crippen molar-refractivity contribution in [2.24, 2.45) is 22.7 Å². The Balaban J connectivity index is 1.45. The van der Waals surface area contributed by atoms with Crippen molar-refractivity contribution in [3.05, 3.63) is 44.0 Å². The minimum Gasteiger partial charge on any atom is -0.456 e. The molecule has 0 aromatic carbocycles. The molecule has 10 atom stereocenters. The Bertz CT molecular complexity index is 1410. The topological polar surface area (TPSA) is 275 Å². The Labute approximate surface area is 265 Å². The average Bonchev–Trinajstić information content (AvgIpc) is 3.19. The SMILES string of the molecule is C[C@]12C=CC(=O)C=C1CC[C@H]1[C@@H]3C[C@@H](O)[C@](O)(C(=O)COC(=O)C(CO)NC(=O)CC(CO[N+](=O)[O-])O[N+](=O)[O-])[C@@]3(C)C[C@H](O)[C@@]12F. The van der Waals surface area contributed by atoms with Crippen LogP contribution in [0.25, 0.3) is 0 Å². The van der Waals surface area contributed by atoms with Crippen molar-refractivity contribution >= 4 is 23.4 Å². The molecule has 3 fully saturated rings. The van der Waals surface area contributed by atoms with Crippen LogP contribution in [0.2, 0.25) is 0 Å². The van der Waals surface area contributed by atoms with Crippen molar-refractivity contribution < 1.29 is 68.6 Å². The molecular weight excluding hydrogens is 637 g/mol. The highest BCUT2D eigenvalue weighted by Crippen LogP contribution is 2.69. The standard InChI is InChI=1S/C28H36FN3O15/c1-25-6-5-15(34)7-14(25)3-4-17-18-9-20(35)28(40,26(18,2)10-21(36)27(17,25)29)22(37)13-45-24(39)19(11-33)30-23(38)8-16(47-32(43)44)12-46-31(41)42/h5-7,16-21,33,35-36,40H,3-4,8-13H2,1-2H3,(H,30,38)/t16?,17-,18-,19?,20+,21-,25-,26-,27-,28-/m0/s1. The number of aliphatic hydroxyl groups is 4. The fourth-order valence-electron chi connectivity index (χ4n) is 8.11. The zero-order valence-corrected chi connectivity index (χ0v) is 25.4. The van der Waals surface area contributed by atoms with Crippen LogP contribution in [0.1, 0.15) is 46.0 Å². The molecule has 260 valence electrons. The Morgan fingerprint density at radius 3 is 2.45 bits per heavy atom. The number of alkyl halides is 1. The van der Waals surface area contributed by atoms with E-state index in [9.17, 15) is 59.8 Å². The second kappa shape index (κ2) is 12.9. The van der Waals surface area contributed by atoms with Gasteiger partial charge >= 0.3 is 5.97 Å². The van der Waals surface area contributed by atoms with Crippen LogP contribution in [0, 0.1) is 42.9 Å². The van der Waals surface area contributed by atoms with Gasteiger partial charge in [0.05, 0.1) is 25.2 Å². The van der Waals surface area contributed by atoms with Crippen LogP contribution in [0.4, 0.5) is 4.39 Å². The van der Waals surface area contributed by atoms with E-state index >= 15 is 4.39 Å². The minimum absolute atomic E-state index is 0.159. The first-order chi connectivity index (χ1) is 21.8. The van der Waals surface area contributed by atoms with Crippen LogP contribution >= 0.6 is 0 Å². The van der Waals surface area contributed by atoms with Gasteiger partial charge < -0.3 is 40.2 Å². The number of hydrogen-bond donors (Lipinski definition) is 5. The van der Waals surface area contributed by atoms with E-state index in [1.807, 2.05) is 5.32 Å². The first-order valence-electron chi connectivity index (χ1n) is 14.7. The highest BCUT2D eigenvalue weighted by atomic mass is 19.1. The summed E-state index contributed by atoms with van der Waals surface area (Å²) in [7, 11) is 0. The number of allylic oxidation sites excluding steroid dienone is 4. The predicted molar refractivity (Wildman–Crippen MR) is 149 cm³/mol. The van der Waals surface area contributed by atoms with Crippen molar-refractivity contribution in [1.29, 1.82) is 0 Å². The minimum atomic E-state index is -2.61. The molecule has 2 unspecified atom stereocenters. The third kappa shape index (κ3) is 5.96. The number of ether oxygens (including phenoxy) is 1. The molecule has 0 aromatic rings. The molecular formula is C28H36FN3O15. The average molecular weight is 674 g/mol. The Morgan fingerprint density at radius 2 is 1.83 bits per heavy atom. The molecule has 4 aliphatic carbocycles. The summed E-state index contributed by atoms with van der Waals surface area (Å²) in [4.78, 5) is 79.6. The number of carbonyl (C=O) groups is 4. The number of Topliss-reactive ketones (excluding diaryl/α,β-unsaturated/α-hetero) is 1. The van der Waals surface area contributed by atoms with Crippen molar-refractivity contribution in [2.45, 2.75) is 81.6 Å². The number of halogens is 1. The Kier molecular flexibility index (Phi) is 9.78. The number of carbonyl (C=O) groups excluding carboxylic acids is 4. The molecule has 5 N–H and O–H groups in total. The lowest BCUT2D eigenvalue weighted by molar-refractivity contribution is -0.789. The summed E-state index contributed by atoms with van der Waals surface area (Å²) in [5.74, 6) is -5.80. The number of fused-ring (bicyclic) bond motifs is 5. The van der Waals surface area contributed by atoms with E-state index < -0.39 is 119 Å². The maximum absolute atomic E-state index is 17.2. The highest BCUT2D eigenvalue weighted by Gasteiger charge is 2.76. The maximum atomic E-state index is 17.2. The molecule has 47 heavy (non-hydrogen) atoms. The molecule has 0 bridgehead atoms. The molecule has 19 heteroatoms. The van der Waals surface area contributed by atoms with Crippen molar-refractivity contribution in [3.63, 3.8) is 0 Å². The van der Waals surface area contributed by atoms with Crippen LogP contribution in [0.5, 0.6) is 0 Å². The van der Waals surface area contributed by atoms with Gasteiger partial charge in [0.1, 0.15) is 12.7 Å². The third-order valence-corrected chi connectivity index (χ3v) is 10.4.